The Morgan fingerprint density at radius 2 is 1.82 bits per heavy atom. The van der Waals surface area contributed by atoms with Crippen LogP contribution in [0.2, 0.25) is 10.0 Å². The largest absolute Gasteiger partial charge is 0.494 e. The van der Waals surface area contributed by atoms with Crippen LogP contribution in [-0.2, 0) is 0 Å². The van der Waals surface area contributed by atoms with Crippen LogP contribution in [-0.4, -0.2) is 14.7 Å². The molecule has 17 heavy (non-hydrogen) atoms. The lowest BCUT2D eigenvalue weighted by atomic mass is 10.3. The van der Waals surface area contributed by atoms with Gasteiger partial charge in [-0.05, 0) is 18.2 Å². The quantitative estimate of drug-likeness (QED) is 0.827. The maximum atomic E-state index is 11.5. The molecule has 2 rings (SSSR count). The lowest BCUT2D eigenvalue weighted by Crippen LogP contribution is -2.27. The van der Waals surface area contributed by atoms with Gasteiger partial charge in [0.15, 0.2) is 0 Å². The highest BCUT2D eigenvalue weighted by atomic mass is 35.5. The summed E-state index contributed by atoms with van der Waals surface area (Å²) in [5, 5.41) is 10.1. The molecule has 0 aliphatic carbocycles. The summed E-state index contributed by atoms with van der Waals surface area (Å²) in [5.41, 5.74) is -1.13. The van der Waals surface area contributed by atoms with E-state index in [1.807, 2.05) is 4.98 Å². The third kappa shape index (κ3) is 2.20. The minimum Gasteiger partial charge on any atom is -0.494 e. The molecule has 0 saturated heterocycles. The zero-order valence-electron chi connectivity index (χ0n) is 8.28. The molecule has 0 amide bonds. The van der Waals surface area contributed by atoms with Crippen LogP contribution in [0, 0.1) is 0 Å². The number of hydrogen-bond donors (Lipinski definition) is 2. The number of hydrogen-bond acceptors (Lipinski definition) is 3. The SMILES string of the molecule is O=c1cc(O)n(-c2ccc(Cl)c(Cl)c2)c(=O)[nH]1. The van der Waals surface area contributed by atoms with E-state index < -0.39 is 17.1 Å². The number of aromatic hydroxyl groups is 1. The van der Waals surface area contributed by atoms with Crippen molar-refractivity contribution in [3.8, 4) is 11.6 Å². The maximum absolute atomic E-state index is 11.5. The summed E-state index contributed by atoms with van der Waals surface area (Å²) in [6, 6.07) is 5.27. The normalized spacial score (nSPS) is 10.5. The van der Waals surface area contributed by atoms with Gasteiger partial charge in [-0.15, -0.1) is 0 Å². The lowest BCUT2D eigenvalue weighted by molar-refractivity contribution is 0.431. The molecule has 7 heteroatoms. The molecule has 0 unspecified atom stereocenters. The Kier molecular flexibility index (Phi) is 2.95. The zero-order chi connectivity index (χ0) is 12.6. The van der Waals surface area contributed by atoms with E-state index in [1.165, 1.54) is 18.2 Å². The molecule has 5 nitrogen and oxygen atoms in total. The lowest BCUT2D eigenvalue weighted by Gasteiger charge is -2.07. The van der Waals surface area contributed by atoms with Gasteiger partial charge in [0.1, 0.15) is 0 Å². The molecular formula is C10H6Cl2N2O3. The predicted octanol–water partition coefficient (Wildman–Crippen LogP) is 1.54. The fourth-order valence-corrected chi connectivity index (χ4v) is 1.65. The Labute approximate surface area is 105 Å². The van der Waals surface area contributed by atoms with E-state index in [1.54, 1.807) is 0 Å². The summed E-state index contributed by atoms with van der Waals surface area (Å²) < 4.78 is 0.906. The van der Waals surface area contributed by atoms with Gasteiger partial charge in [-0.1, -0.05) is 23.2 Å². The van der Waals surface area contributed by atoms with E-state index in [9.17, 15) is 14.7 Å². The maximum Gasteiger partial charge on any atom is 0.335 e. The van der Waals surface area contributed by atoms with Gasteiger partial charge in [0.2, 0.25) is 5.88 Å². The van der Waals surface area contributed by atoms with Gasteiger partial charge in [0.05, 0.1) is 21.8 Å². The van der Waals surface area contributed by atoms with Crippen molar-refractivity contribution >= 4 is 23.2 Å². The van der Waals surface area contributed by atoms with Crippen molar-refractivity contribution in [3.05, 3.63) is 55.1 Å². The molecule has 2 aromatic rings. The Bertz CT molecular complexity index is 691. The Balaban J connectivity index is 2.73. The highest BCUT2D eigenvalue weighted by Gasteiger charge is 2.08. The van der Waals surface area contributed by atoms with Crippen LogP contribution in [0.25, 0.3) is 5.69 Å². The van der Waals surface area contributed by atoms with Crippen molar-refractivity contribution in [2.45, 2.75) is 0 Å². The van der Waals surface area contributed by atoms with Crippen LogP contribution >= 0.6 is 23.2 Å². The third-order valence-corrected chi connectivity index (χ3v) is 2.82. The average Bonchev–Trinajstić information content (AvgIpc) is 2.21. The highest BCUT2D eigenvalue weighted by Crippen LogP contribution is 2.24. The van der Waals surface area contributed by atoms with Gasteiger partial charge in [-0.2, -0.15) is 0 Å². The zero-order valence-corrected chi connectivity index (χ0v) is 9.79. The smallest absolute Gasteiger partial charge is 0.335 e. The van der Waals surface area contributed by atoms with Gasteiger partial charge >= 0.3 is 5.69 Å². The number of halogens is 2. The Morgan fingerprint density at radius 1 is 1.12 bits per heavy atom. The molecule has 88 valence electrons. The summed E-state index contributed by atoms with van der Waals surface area (Å²) >= 11 is 11.5. The van der Waals surface area contributed by atoms with Crippen molar-refractivity contribution < 1.29 is 5.11 Å². The molecule has 1 aromatic heterocycles. The second-order valence-corrected chi connectivity index (χ2v) is 4.05. The number of aromatic nitrogens is 2. The van der Waals surface area contributed by atoms with E-state index in [0.717, 1.165) is 10.6 Å². The Morgan fingerprint density at radius 3 is 2.41 bits per heavy atom. The first-order valence-electron chi connectivity index (χ1n) is 4.50. The molecule has 0 bridgehead atoms. The van der Waals surface area contributed by atoms with Crippen LogP contribution < -0.4 is 11.2 Å². The summed E-state index contributed by atoms with van der Waals surface area (Å²) in [7, 11) is 0. The van der Waals surface area contributed by atoms with Crippen molar-refractivity contribution in [3.63, 3.8) is 0 Å². The van der Waals surface area contributed by atoms with Crippen molar-refractivity contribution in [2.24, 2.45) is 0 Å². The second-order valence-electron chi connectivity index (χ2n) is 3.23. The predicted molar refractivity (Wildman–Crippen MR) is 64.3 cm³/mol. The van der Waals surface area contributed by atoms with Crippen LogP contribution in [0.5, 0.6) is 5.88 Å². The molecule has 1 aromatic carbocycles. The monoisotopic (exact) mass is 272 g/mol. The molecular weight excluding hydrogens is 267 g/mol. The number of nitrogens with zero attached hydrogens (tertiary/aromatic N) is 1. The molecule has 0 spiro atoms. The van der Waals surface area contributed by atoms with Gasteiger partial charge in [0, 0.05) is 0 Å². The standard InChI is InChI=1S/C10H6Cl2N2O3/c11-6-2-1-5(3-7(6)12)14-9(16)4-8(15)13-10(14)17/h1-4,16H,(H,13,15,17). The molecule has 0 aliphatic heterocycles. The van der Waals surface area contributed by atoms with Gasteiger partial charge in [-0.25, -0.2) is 9.36 Å². The first-order valence-corrected chi connectivity index (χ1v) is 5.25. The molecule has 0 fully saturated rings. The summed E-state index contributed by atoms with van der Waals surface area (Å²) in [6.07, 6.45) is 0. The number of rotatable bonds is 1. The molecule has 2 N–H and O–H groups in total. The van der Waals surface area contributed by atoms with Crippen LogP contribution in [0.3, 0.4) is 0 Å². The third-order valence-electron chi connectivity index (χ3n) is 2.08. The first-order chi connectivity index (χ1) is 7.99. The number of H-pyrrole nitrogens is 1. The molecule has 0 saturated carbocycles. The van der Waals surface area contributed by atoms with E-state index in [4.69, 9.17) is 23.2 Å². The number of nitrogens with one attached hydrogen (secondary N) is 1. The fourth-order valence-electron chi connectivity index (χ4n) is 1.36. The van der Waals surface area contributed by atoms with Gasteiger partial charge in [-0.3, -0.25) is 9.78 Å². The minimum atomic E-state index is -0.756. The molecule has 0 radical (unpaired) electrons. The highest BCUT2D eigenvalue weighted by molar-refractivity contribution is 6.42. The Hall–Kier alpha value is -1.72. The topological polar surface area (TPSA) is 75.1 Å². The van der Waals surface area contributed by atoms with E-state index in [0.29, 0.717) is 10.7 Å². The van der Waals surface area contributed by atoms with Crippen LogP contribution in [0.4, 0.5) is 0 Å². The van der Waals surface area contributed by atoms with Gasteiger partial charge in [0.25, 0.3) is 5.56 Å². The average molecular weight is 273 g/mol. The first kappa shape index (κ1) is 11.8. The minimum absolute atomic E-state index is 0.238. The fraction of sp³-hybridized carbons (Fsp3) is 0. The number of benzene rings is 1. The van der Waals surface area contributed by atoms with Crippen LogP contribution in [0.1, 0.15) is 0 Å². The summed E-state index contributed by atoms with van der Waals surface area (Å²) in [5.74, 6) is -0.475. The van der Waals surface area contributed by atoms with E-state index in [2.05, 4.69) is 0 Å². The van der Waals surface area contributed by atoms with Crippen LogP contribution in [0.15, 0.2) is 33.9 Å². The van der Waals surface area contributed by atoms with E-state index >= 15 is 0 Å². The van der Waals surface area contributed by atoms with E-state index in [-0.39, 0.29) is 5.02 Å². The second kappa shape index (κ2) is 4.27. The van der Waals surface area contributed by atoms with Crippen molar-refractivity contribution in [1.29, 1.82) is 0 Å². The van der Waals surface area contributed by atoms with Crippen molar-refractivity contribution in [1.82, 2.24) is 9.55 Å². The molecule has 0 aliphatic rings. The van der Waals surface area contributed by atoms with Gasteiger partial charge < -0.3 is 5.11 Å². The number of aromatic amines is 1. The molecule has 0 atom stereocenters. The summed E-state index contributed by atoms with van der Waals surface area (Å²) in [4.78, 5) is 24.5. The van der Waals surface area contributed by atoms with Crippen molar-refractivity contribution in [2.75, 3.05) is 0 Å². The molecule has 1 heterocycles. The summed E-state index contributed by atoms with van der Waals surface area (Å²) in [6.45, 7) is 0.